The molecule has 1 atom stereocenters. The molecule has 1 unspecified atom stereocenters. The Kier molecular flexibility index (Phi) is 5.78. The molecule has 0 amide bonds. The van der Waals surface area contributed by atoms with E-state index >= 15 is 0 Å². The zero-order valence-corrected chi connectivity index (χ0v) is 17.6. The fraction of sp³-hybridized carbons (Fsp3) is 0.200. The summed E-state index contributed by atoms with van der Waals surface area (Å²) in [6.45, 7) is 2.11. The van der Waals surface area contributed by atoms with E-state index in [1.54, 1.807) is 0 Å². The van der Waals surface area contributed by atoms with Crippen LogP contribution in [-0.4, -0.2) is 6.88 Å². The van der Waals surface area contributed by atoms with Crippen molar-refractivity contribution in [3.05, 3.63) is 63.0 Å². The molecule has 1 aromatic rings. The van der Waals surface area contributed by atoms with Crippen LogP contribution in [0, 0.1) is 0 Å². The molecule has 0 heterocycles. The predicted molar refractivity (Wildman–Crippen MR) is 94.8 cm³/mol. The number of halogens is 3. The van der Waals surface area contributed by atoms with Crippen molar-refractivity contribution in [3.8, 4) is 0 Å². The first-order valence-electron chi connectivity index (χ1n) is 6.37. The number of rotatable bonds is 2. The maximum atomic E-state index is 7.29. The zero-order chi connectivity index (χ0) is 12.8. The van der Waals surface area contributed by atoms with Gasteiger partial charge in [0.05, 0.1) is 0 Å². The van der Waals surface area contributed by atoms with Gasteiger partial charge in [0.25, 0.3) is 0 Å². The van der Waals surface area contributed by atoms with E-state index < -0.39 is 16.2 Å². The van der Waals surface area contributed by atoms with E-state index in [-0.39, 0.29) is 24.8 Å². The van der Waals surface area contributed by atoms with Gasteiger partial charge in [-0.3, -0.25) is 0 Å². The van der Waals surface area contributed by atoms with Crippen LogP contribution in [0.15, 0.2) is 51.9 Å². The molecular formula is C15H19Cl3SiZr. The average molecular weight is 425 g/mol. The van der Waals surface area contributed by atoms with Crippen LogP contribution < -0.4 is 0 Å². The Morgan fingerprint density at radius 1 is 1.25 bits per heavy atom. The van der Waals surface area contributed by atoms with Gasteiger partial charge >= 0.3 is 115 Å². The van der Waals surface area contributed by atoms with Crippen LogP contribution in [0.3, 0.4) is 0 Å². The Morgan fingerprint density at radius 3 is 2.60 bits per heavy atom. The molecule has 20 heavy (non-hydrogen) atoms. The Labute approximate surface area is 139 Å². The second kappa shape index (κ2) is 6.26. The van der Waals surface area contributed by atoms with Crippen molar-refractivity contribution in [1.29, 1.82) is 0 Å². The number of fused-ring (bicyclic) bond motifs is 1. The molecule has 0 saturated heterocycles. The first-order valence-corrected chi connectivity index (χ1v) is 20.6. The predicted octanol–water partition coefficient (Wildman–Crippen LogP) is 4.88. The van der Waals surface area contributed by atoms with E-state index in [0.717, 1.165) is 6.42 Å². The van der Waals surface area contributed by atoms with E-state index in [0.29, 0.717) is 3.63 Å². The average Bonchev–Trinajstić information content (AvgIpc) is 2.99. The van der Waals surface area contributed by atoms with Gasteiger partial charge < -0.3 is 0 Å². The molecular weight excluding hydrogens is 406 g/mol. The summed E-state index contributed by atoms with van der Waals surface area (Å²) in [5, 5.41) is 0. The number of hydrogen-bond acceptors (Lipinski definition) is 0. The van der Waals surface area contributed by atoms with Crippen molar-refractivity contribution in [2.75, 3.05) is 0 Å². The first kappa shape index (κ1) is 18.5. The topological polar surface area (TPSA) is 0 Å². The van der Waals surface area contributed by atoms with Gasteiger partial charge in [-0.2, -0.15) is 0 Å². The van der Waals surface area contributed by atoms with Gasteiger partial charge in [0.2, 0.25) is 0 Å². The Balaban J connectivity index is 0.000001000. The Hall–Kier alpha value is 0.410. The monoisotopic (exact) mass is 422 g/mol. The Morgan fingerprint density at radius 2 is 1.95 bits per heavy atom. The van der Waals surface area contributed by atoms with Crippen molar-refractivity contribution in [3.63, 3.8) is 0 Å². The van der Waals surface area contributed by atoms with Gasteiger partial charge in [-0.05, 0) is 0 Å². The SMILES string of the molecule is Cl.Cl.[CH3][Zr](=[SiH2])([Cl])([C]1=CC=CC1)[CH]1C=Cc2ccccc21. The molecule has 0 aromatic heterocycles. The molecule has 0 aliphatic heterocycles. The molecule has 2 aliphatic carbocycles. The van der Waals surface area contributed by atoms with Crippen LogP contribution in [0.1, 0.15) is 21.2 Å². The van der Waals surface area contributed by atoms with Gasteiger partial charge in [-0.25, -0.2) is 0 Å². The summed E-state index contributed by atoms with van der Waals surface area (Å²) < 4.78 is 4.34. The molecule has 1 aromatic carbocycles. The third kappa shape index (κ3) is 2.96. The fourth-order valence-corrected chi connectivity index (χ4v) is 16.7. The molecule has 0 fully saturated rings. The molecule has 0 spiro atoms. The van der Waals surface area contributed by atoms with Crippen LogP contribution in [-0.2, 0) is 16.2 Å². The molecule has 108 valence electrons. The molecule has 0 bridgehead atoms. The summed E-state index contributed by atoms with van der Waals surface area (Å²) in [6.07, 6.45) is 12.3. The molecule has 0 nitrogen and oxygen atoms in total. The van der Waals surface area contributed by atoms with Crippen LogP contribution in [0.4, 0.5) is 0 Å². The van der Waals surface area contributed by atoms with Crippen molar-refractivity contribution in [2.24, 2.45) is 0 Å². The molecule has 0 radical (unpaired) electrons. The van der Waals surface area contributed by atoms with Crippen LogP contribution in [0.5, 0.6) is 0 Å². The van der Waals surface area contributed by atoms with Crippen molar-refractivity contribution < 1.29 is 16.2 Å². The standard InChI is InChI=1S/C9H7.C5H5.CH3.3ClH.H2Si.Zr/c1-2-5-9-7-3-6-8(9)4-1;1-2-4-5-3-1;;;;;;/h1-7H;1-3H,4H2;1H3;3*1H;1H2;/q;;;;;;;+1/p-1. The van der Waals surface area contributed by atoms with E-state index in [1.165, 1.54) is 14.4 Å². The second-order valence-corrected chi connectivity index (χ2v) is 38.1. The van der Waals surface area contributed by atoms with Gasteiger partial charge in [0, 0.05) is 0 Å². The third-order valence-corrected chi connectivity index (χ3v) is 22.6. The van der Waals surface area contributed by atoms with E-state index in [4.69, 9.17) is 8.51 Å². The summed E-state index contributed by atoms with van der Waals surface area (Å²) >= 11 is -3.34. The second-order valence-electron chi connectivity index (χ2n) is 5.73. The van der Waals surface area contributed by atoms with E-state index in [2.05, 4.69) is 66.2 Å². The van der Waals surface area contributed by atoms with Gasteiger partial charge in [-0.1, -0.05) is 0 Å². The summed E-state index contributed by atoms with van der Waals surface area (Å²) in [4.78, 5) is 0. The van der Waals surface area contributed by atoms with Crippen LogP contribution in [0.25, 0.3) is 6.08 Å². The van der Waals surface area contributed by atoms with Crippen LogP contribution >= 0.6 is 33.3 Å². The molecule has 0 saturated carbocycles. The zero-order valence-electron chi connectivity index (χ0n) is 11.4. The van der Waals surface area contributed by atoms with Crippen molar-refractivity contribution in [1.82, 2.24) is 0 Å². The molecule has 3 rings (SSSR count). The maximum absolute atomic E-state index is 7.29. The molecule has 2 aliphatic rings. The quantitative estimate of drug-likeness (QED) is 0.593. The summed E-state index contributed by atoms with van der Waals surface area (Å²) in [5.74, 6) is 0. The minimum absolute atomic E-state index is 0. The van der Waals surface area contributed by atoms with Crippen molar-refractivity contribution >= 4 is 46.3 Å². The van der Waals surface area contributed by atoms with Crippen molar-refractivity contribution in [2.45, 2.75) is 14.7 Å². The van der Waals surface area contributed by atoms with E-state index in [1.807, 2.05) is 0 Å². The first-order chi connectivity index (χ1) is 8.47. The Bertz CT molecular complexity index is 667. The summed E-state index contributed by atoms with van der Waals surface area (Å²) in [6, 6.07) is 8.67. The minimum atomic E-state index is -3.34. The third-order valence-electron chi connectivity index (χ3n) is 4.23. The molecule has 0 N–H and O–H groups in total. The fourth-order valence-electron chi connectivity index (χ4n) is 3.04. The molecule has 5 heteroatoms. The van der Waals surface area contributed by atoms with Gasteiger partial charge in [-0.15, -0.1) is 24.8 Å². The number of allylic oxidation sites excluding steroid dienone is 5. The summed E-state index contributed by atoms with van der Waals surface area (Å²) in [5.41, 5.74) is 2.78. The van der Waals surface area contributed by atoms with Crippen LogP contribution in [0.2, 0.25) is 4.63 Å². The number of benzene rings is 1. The van der Waals surface area contributed by atoms with Gasteiger partial charge in [0.1, 0.15) is 0 Å². The normalized spacial score (nSPS) is 19.9. The number of hydrogen-bond donors (Lipinski definition) is 0. The summed E-state index contributed by atoms with van der Waals surface area (Å²) in [7, 11) is 7.29. The van der Waals surface area contributed by atoms with E-state index in [9.17, 15) is 0 Å². The van der Waals surface area contributed by atoms with Gasteiger partial charge in [0.15, 0.2) is 0 Å².